The van der Waals surface area contributed by atoms with Crippen LogP contribution in [0.2, 0.25) is 0 Å². The Hall–Kier alpha value is -0.870. The number of rotatable bonds is 4. The summed E-state index contributed by atoms with van der Waals surface area (Å²) in [6.45, 7) is 4.02. The molecule has 0 spiro atoms. The Morgan fingerprint density at radius 2 is 2.17 bits per heavy atom. The van der Waals surface area contributed by atoms with E-state index in [4.69, 9.17) is 5.73 Å². The van der Waals surface area contributed by atoms with Gasteiger partial charge >= 0.3 is 0 Å². The topological polar surface area (TPSA) is 55.1 Å². The normalized spacial score (nSPS) is 16.4. The van der Waals surface area contributed by atoms with E-state index in [0.717, 1.165) is 22.1 Å². The van der Waals surface area contributed by atoms with Gasteiger partial charge in [-0.05, 0) is 59.3 Å². The van der Waals surface area contributed by atoms with E-state index in [1.54, 1.807) is 0 Å². The number of benzene rings is 1. The van der Waals surface area contributed by atoms with Crippen LogP contribution in [0.15, 0.2) is 16.6 Å². The summed E-state index contributed by atoms with van der Waals surface area (Å²) in [5.41, 5.74) is 8.96. The molecule has 0 radical (unpaired) electrons. The molecule has 1 unspecified atom stereocenters. The van der Waals surface area contributed by atoms with Crippen molar-refractivity contribution in [1.29, 1.82) is 0 Å². The fourth-order valence-electron chi connectivity index (χ4n) is 2.11. The summed E-state index contributed by atoms with van der Waals surface area (Å²) in [7, 11) is 0. The maximum absolute atomic E-state index is 12.0. The van der Waals surface area contributed by atoms with E-state index in [0.29, 0.717) is 5.92 Å². The zero-order chi connectivity index (χ0) is 13.3. The van der Waals surface area contributed by atoms with Gasteiger partial charge in [-0.2, -0.15) is 0 Å². The van der Waals surface area contributed by atoms with Crippen LogP contribution >= 0.6 is 15.9 Å². The van der Waals surface area contributed by atoms with Crippen molar-refractivity contribution in [3.05, 3.63) is 27.7 Å². The van der Waals surface area contributed by atoms with Crippen LogP contribution in [-0.4, -0.2) is 11.9 Å². The number of nitrogens with two attached hydrogens (primary N) is 1. The number of anilines is 1. The van der Waals surface area contributed by atoms with Crippen LogP contribution in [0.3, 0.4) is 0 Å². The summed E-state index contributed by atoms with van der Waals surface area (Å²) >= 11 is 3.48. The van der Waals surface area contributed by atoms with Gasteiger partial charge in [0.2, 0.25) is 5.91 Å². The van der Waals surface area contributed by atoms with Crippen molar-refractivity contribution in [2.45, 2.75) is 39.2 Å². The van der Waals surface area contributed by atoms with Crippen molar-refractivity contribution < 1.29 is 4.79 Å². The second-order valence-electron chi connectivity index (χ2n) is 5.21. The minimum Gasteiger partial charge on any atom is -0.323 e. The van der Waals surface area contributed by atoms with E-state index >= 15 is 0 Å². The van der Waals surface area contributed by atoms with Crippen molar-refractivity contribution in [1.82, 2.24) is 0 Å². The summed E-state index contributed by atoms with van der Waals surface area (Å²) in [6.07, 6.45) is 3.23. The van der Waals surface area contributed by atoms with Crippen LogP contribution in [0, 0.1) is 19.8 Å². The predicted molar refractivity (Wildman–Crippen MR) is 77.6 cm³/mol. The van der Waals surface area contributed by atoms with E-state index < -0.39 is 6.04 Å². The van der Waals surface area contributed by atoms with Crippen LogP contribution in [0.4, 0.5) is 5.69 Å². The summed E-state index contributed by atoms with van der Waals surface area (Å²) in [4.78, 5) is 12.0. The van der Waals surface area contributed by atoms with Crippen LogP contribution < -0.4 is 11.1 Å². The van der Waals surface area contributed by atoms with Crippen LogP contribution in [-0.2, 0) is 4.79 Å². The van der Waals surface area contributed by atoms with Gasteiger partial charge in [0.25, 0.3) is 0 Å². The van der Waals surface area contributed by atoms with E-state index in [-0.39, 0.29) is 5.91 Å². The highest BCUT2D eigenvalue weighted by Gasteiger charge is 2.27. The Kier molecular flexibility index (Phi) is 4.07. The number of amides is 1. The molecule has 3 nitrogen and oxygen atoms in total. The fraction of sp³-hybridized carbons (Fsp3) is 0.500. The molecule has 4 heteroatoms. The quantitative estimate of drug-likeness (QED) is 0.897. The Labute approximate surface area is 116 Å². The lowest BCUT2D eigenvalue weighted by molar-refractivity contribution is -0.117. The molecule has 1 aliphatic rings. The molecule has 1 fully saturated rings. The van der Waals surface area contributed by atoms with E-state index in [1.165, 1.54) is 18.4 Å². The van der Waals surface area contributed by atoms with E-state index in [9.17, 15) is 4.79 Å². The summed E-state index contributed by atoms with van der Waals surface area (Å²) < 4.78 is 0.909. The Morgan fingerprint density at radius 1 is 1.50 bits per heavy atom. The number of aryl methyl sites for hydroxylation is 2. The first-order chi connectivity index (χ1) is 8.47. The Bertz CT molecular complexity index is 446. The van der Waals surface area contributed by atoms with Gasteiger partial charge in [0, 0.05) is 4.47 Å². The zero-order valence-electron chi connectivity index (χ0n) is 10.8. The monoisotopic (exact) mass is 310 g/mol. The first-order valence-electron chi connectivity index (χ1n) is 6.30. The van der Waals surface area contributed by atoms with Crippen molar-refractivity contribution in [3.63, 3.8) is 0 Å². The summed E-state index contributed by atoms with van der Waals surface area (Å²) in [5, 5.41) is 2.93. The van der Waals surface area contributed by atoms with Crippen LogP contribution in [0.25, 0.3) is 0 Å². The van der Waals surface area contributed by atoms with Crippen molar-refractivity contribution in [2.75, 3.05) is 5.32 Å². The first-order valence-corrected chi connectivity index (χ1v) is 7.10. The molecule has 1 saturated carbocycles. The Morgan fingerprint density at radius 3 is 2.72 bits per heavy atom. The average molecular weight is 311 g/mol. The molecule has 2 rings (SSSR count). The minimum atomic E-state index is -0.398. The maximum atomic E-state index is 12.0. The summed E-state index contributed by atoms with van der Waals surface area (Å²) in [5.74, 6) is 0.572. The lowest BCUT2D eigenvalue weighted by Crippen LogP contribution is -2.36. The molecule has 0 heterocycles. The smallest absolute Gasteiger partial charge is 0.241 e. The zero-order valence-corrected chi connectivity index (χ0v) is 12.4. The van der Waals surface area contributed by atoms with Crippen molar-refractivity contribution in [2.24, 2.45) is 11.7 Å². The molecule has 0 saturated heterocycles. The number of hydrogen-bond acceptors (Lipinski definition) is 2. The van der Waals surface area contributed by atoms with Crippen LogP contribution in [0.5, 0.6) is 0 Å². The second kappa shape index (κ2) is 5.41. The molecule has 1 atom stereocenters. The molecule has 1 aromatic carbocycles. The third kappa shape index (κ3) is 3.33. The van der Waals surface area contributed by atoms with Crippen LogP contribution in [0.1, 0.15) is 30.4 Å². The number of hydrogen-bond donors (Lipinski definition) is 2. The molecule has 98 valence electrons. The molecule has 1 amide bonds. The maximum Gasteiger partial charge on any atom is 0.241 e. The molecule has 0 bridgehead atoms. The molecule has 1 aromatic rings. The average Bonchev–Trinajstić information content (AvgIpc) is 3.06. The third-order valence-electron chi connectivity index (χ3n) is 3.30. The lowest BCUT2D eigenvalue weighted by Gasteiger charge is -2.15. The van der Waals surface area contributed by atoms with Gasteiger partial charge in [0.05, 0.1) is 11.7 Å². The molecule has 0 aliphatic heterocycles. The largest absolute Gasteiger partial charge is 0.323 e. The van der Waals surface area contributed by atoms with Gasteiger partial charge in [-0.15, -0.1) is 0 Å². The number of carbonyl (C=O) groups excluding carboxylic acids is 1. The molecule has 18 heavy (non-hydrogen) atoms. The van der Waals surface area contributed by atoms with Gasteiger partial charge in [-0.1, -0.05) is 18.9 Å². The Balaban J connectivity index is 2.06. The number of nitrogens with one attached hydrogen (secondary N) is 1. The van der Waals surface area contributed by atoms with E-state index in [2.05, 4.69) is 21.2 Å². The van der Waals surface area contributed by atoms with Crippen molar-refractivity contribution in [3.8, 4) is 0 Å². The highest BCUT2D eigenvalue weighted by atomic mass is 79.9. The standard InChI is InChI=1S/C14H19BrN2O/c1-8-5-9(2)13(11(15)6-8)17-14(18)12(16)7-10-3-4-10/h5-6,10,12H,3-4,7,16H2,1-2H3,(H,17,18). The molecule has 1 aliphatic carbocycles. The van der Waals surface area contributed by atoms with Crippen molar-refractivity contribution >= 4 is 27.5 Å². The lowest BCUT2D eigenvalue weighted by atomic mass is 10.1. The summed E-state index contributed by atoms with van der Waals surface area (Å²) in [6, 6.07) is 3.65. The number of halogens is 1. The predicted octanol–water partition coefficient (Wildman–Crippen LogP) is 3.13. The second-order valence-corrected chi connectivity index (χ2v) is 6.07. The van der Waals surface area contributed by atoms with Gasteiger partial charge in [0.1, 0.15) is 0 Å². The van der Waals surface area contributed by atoms with Gasteiger partial charge in [0.15, 0.2) is 0 Å². The molecular formula is C14H19BrN2O. The number of carbonyl (C=O) groups is 1. The highest BCUT2D eigenvalue weighted by molar-refractivity contribution is 9.10. The fourth-order valence-corrected chi connectivity index (χ4v) is 2.88. The minimum absolute atomic E-state index is 0.0884. The van der Waals surface area contributed by atoms with Gasteiger partial charge in [-0.3, -0.25) is 4.79 Å². The SMILES string of the molecule is Cc1cc(C)c(NC(=O)C(N)CC2CC2)c(Br)c1. The highest BCUT2D eigenvalue weighted by Crippen LogP contribution is 2.33. The first kappa shape index (κ1) is 13.6. The molecule has 0 aromatic heterocycles. The molecular weight excluding hydrogens is 292 g/mol. The van der Waals surface area contributed by atoms with E-state index in [1.807, 2.05) is 26.0 Å². The van der Waals surface area contributed by atoms with Gasteiger partial charge in [-0.25, -0.2) is 0 Å². The van der Waals surface area contributed by atoms with Gasteiger partial charge < -0.3 is 11.1 Å². The molecule has 3 N–H and O–H groups in total. The third-order valence-corrected chi connectivity index (χ3v) is 3.93.